The molecule has 0 fully saturated rings. The predicted molar refractivity (Wildman–Crippen MR) is 65.4 cm³/mol. The zero-order valence-electron chi connectivity index (χ0n) is 8.04. The monoisotopic (exact) mass is 285 g/mol. The second kappa shape index (κ2) is 3.87. The first-order chi connectivity index (χ1) is 7.08. The number of nitrogens with two attached hydrogens (primary N) is 1. The fourth-order valence-corrected chi connectivity index (χ4v) is 2.26. The molecule has 0 saturated heterocycles. The minimum atomic E-state index is 0.468. The van der Waals surface area contributed by atoms with Gasteiger partial charge in [0.05, 0.1) is 11.4 Å². The molecule has 5 heteroatoms. The molecule has 2 rings (SSSR count). The summed E-state index contributed by atoms with van der Waals surface area (Å²) < 4.78 is 2.70. The smallest absolute Gasteiger partial charge is 0.205 e. The number of halogens is 2. The Morgan fingerprint density at radius 3 is 2.73 bits per heavy atom. The molecule has 0 saturated carbocycles. The van der Waals surface area contributed by atoms with E-state index in [1.165, 1.54) is 0 Å². The lowest BCUT2D eigenvalue weighted by atomic mass is 10.3. The van der Waals surface area contributed by atoms with Crippen molar-refractivity contribution in [2.24, 2.45) is 0 Å². The molecule has 78 valence electrons. The van der Waals surface area contributed by atoms with E-state index in [1.54, 1.807) is 0 Å². The van der Waals surface area contributed by atoms with Gasteiger partial charge in [0.1, 0.15) is 0 Å². The molecule has 0 aliphatic heterocycles. The van der Waals surface area contributed by atoms with Crippen molar-refractivity contribution in [1.82, 2.24) is 9.55 Å². The second-order valence-electron chi connectivity index (χ2n) is 3.21. The second-order valence-corrected chi connectivity index (χ2v) is 4.50. The molecule has 2 N–H and O–H groups in total. The van der Waals surface area contributed by atoms with Crippen LogP contribution < -0.4 is 5.73 Å². The van der Waals surface area contributed by atoms with Crippen molar-refractivity contribution in [2.75, 3.05) is 5.73 Å². The van der Waals surface area contributed by atoms with E-state index in [2.05, 4.69) is 20.9 Å². The van der Waals surface area contributed by atoms with Crippen molar-refractivity contribution < 1.29 is 0 Å². The van der Waals surface area contributed by atoms with Crippen molar-refractivity contribution in [1.29, 1.82) is 0 Å². The molecule has 0 bridgehead atoms. The average Bonchev–Trinajstić information content (AvgIpc) is 2.45. The van der Waals surface area contributed by atoms with Gasteiger partial charge in [0.2, 0.25) is 5.95 Å². The lowest BCUT2D eigenvalue weighted by Gasteiger charge is -2.07. The van der Waals surface area contributed by atoms with Gasteiger partial charge in [0.25, 0.3) is 0 Å². The number of anilines is 1. The fourth-order valence-electron chi connectivity index (χ4n) is 1.39. The highest BCUT2D eigenvalue weighted by Crippen LogP contribution is 2.26. The average molecular weight is 287 g/mol. The maximum atomic E-state index is 5.86. The Morgan fingerprint density at radius 1 is 1.47 bits per heavy atom. The molecule has 0 atom stereocenters. The molecule has 1 aromatic carbocycles. The molecule has 0 radical (unpaired) electrons. The molecule has 1 aromatic heterocycles. The van der Waals surface area contributed by atoms with Gasteiger partial charge in [-0.05, 0) is 41.1 Å². The molecule has 0 amide bonds. The van der Waals surface area contributed by atoms with Gasteiger partial charge in [-0.15, -0.1) is 0 Å². The minimum absolute atomic E-state index is 0.468. The molecule has 15 heavy (non-hydrogen) atoms. The molecule has 1 heterocycles. The number of aromatic nitrogens is 2. The van der Waals surface area contributed by atoms with Crippen LogP contribution in [0.4, 0.5) is 5.95 Å². The number of nitrogens with zero attached hydrogens (tertiary/aromatic N) is 2. The summed E-state index contributed by atoms with van der Waals surface area (Å²) in [5.41, 5.74) is 7.59. The standard InChI is InChI=1S/C10H9BrClN3/c1-6-5-15(10(13)14-6)9-3-2-7(12)4-8(9)11/h2-5H,1H3,(H2,13,14). The maximum Gasteiger partial charge on any atom is 0.205 e. The summed E-state index contributed by atoms with van der Waals surface area (Å²) in [7, 11) is 0. The Morgan fingerprint density at radius 2 is 2.20 bits per heavy atom. The summed E-state index contributed by atoms with van der Waals surface area (Å²) >= 11 is 9.30. The van der Waals surface area contributed by atoms with Crippen LogP contribution in [0.5, 0.6) is 0 Å². The van der Waals surface area contributed by atoms with E-state index in [1.807, 2.05) is 35.9 Å². The SMILES string of the molecule is Cc1cn(-c2ccc(Cl)cc2Br)c(N)n1. The molecule has 0 aliphatic carbocycles. The first-order valence-electron chi connectivity index (χ1n) is 4.35. The van der Waals surface area contributed by atoms with Gasteiger partial charge in [-0.2, -0.15) is 0 Å². The largest absolute Gasteiger partial charge is 0.369 e. The van der Waals surface area contributed by atoms with E-state index in [0.717, 1.165) is 15.9 Å². The zero-order chi connectivity index (χ0) is 11.0. The quantitative estimate of drug-likeness (QED) is 0.875. The van der Waals surface area contributed by atoms with Crippen LogP contribution in [-0.4, -0.2) is 9.55 Å². The Balaban J connectivity index is 2.59. The van der Waals surface area contributed by atoms with E-state index < -0.39 is 0 Å². The summed E-state index contributed by atoms with van der Waals surface area (Å²) in [6, 6.07) is 5.53. The van der Waals surface area contributed by atoms with Crippen LogP contribution in [0.3, 0.4) is 0 Å². The topological polar surface area (TPSA) is 43.8 Å². The van der Waals surface area contributed by atoms with E-state index in [0.29, 0.717) is 11.0 Å². The lowest BCUT2D eigenvalue weighted by molar-refractivity contribution is 1.07. The Labute approximate surface area is 101 Å². The van der Waals surface area contributed by atoms with Gasteiger partial charge in [-0.25, -0.2) is 4.98 Å². The molecule has 2 aromatic rings. The summed E-state index contributed by atoms with van der Waals surface area (Å²) in [5.74, 6) is 0.468. The van der Waals surface area contributed by atoms with Crippen molar-refractivity contribution in [2.45, 2.75) is 6.92 Å². The highest BCUT2D eigenvalue weighted by atomic mass is 79.9. The maximum absolute atomic E-state index is 5.86. The van der Waals surface area contributed by atoms with Gasteiger partial charge in [-0.3, -0.25) is 4.57 Å². The number of hydrogen-bond donors (Lipinski definition) is 1. The van der Waals surface area contributed by atoms with Crippen LogP contribution in [-0.2, 0) is 0 Å². The van der Waals surface area contributed by atoms with Gasteiger partial charge < -0.3 is 5.73 Å². The van der Waals surface area contributed by atoms with Gasteiger partial charge in [-0.1, -0.05) is 11.6 Å². The Hall–Kier alpha value is -1.00. The normalized spacial score (nSPS) is 10.6. The van der Waals surface area contributed by atoms with Crippen LogP contribution in [0.25, 0.3) is 5.69 Å². The minimum Gasteiger partial charge on any atom is -0.369 e. The summed E-state index contributed by atoms with van der Waals surface area (Å²) in [6.07, 6.45) is 1.88. The van der Waals surface area contributed by atoms with Crippen LogP contribution in [0.2, 0.25) is 5.02 Å². The van der Waals surface area contributed by atoms with Crippen LogP contribution in [0, 0.1) is 6.92 Å². The van der Waals surface area contributed by atoms with Gasteiger partial charge in [0, 0.05) is 15.7 Å². The van der Waals surface area contributed by atoms with Crippen molar-refractivity contribution in [3.63, 3.8) is 0 Å². The van der Waals surface area contributed by atoms with E-state index in [-0.39, 0.29) is 0 Å². The van der Waals surface area contributed by atoms with Gasteiger partial charge in [0.15, 0.2) is 0 Å². The highest BCUT2D eigenvalue weighted by molar-refractivity contribution is 9.10. The Bertz CT molecular complexity index is 507. The molecule has 0 aliphatic rings. The number of rotatable bonds is 1. The number of hydrogen-bond acceptors (Lipinski definition) is 2. The molecule has 0 spiro atoms. The zero-order valence-corrected chi connectivity index (χ0v) is 10.4. The molecular weight excluding hydrogens is 277 g/mol. The third-order valence-electron chi connectivity index (χ3n) is 2.02. The number of nitrogen functional groups attached to an aromatic ring is 1. The summed E-state index contributed by atoms with van der Waals surface area (Å²) in [5, 5.41) is 0.682. The third-order valence-corrected chi connectivity index (χ3v) is 2.89. The van der Waals surface area contributed by atoms with E-state index in [4.69, 9.17) is 17.3 Å². The van der Waals surface area contributed by atoms with E-state index >= 15 is 0 Å². The van der Waals surface area contributed by atoms with Crippen LogP contribution in [0.15, 0.2) is 28.9 Å². The fraction of sp³-hybridized carbons (Fsp3) is 0.100. The van der Waals surface area contributed by atoms with E-state index in [9.17, 15) is 0 Å². The summed E-state index contributed by atoms with van der Waals surface area (Å²) in [6.45, 7) is 1.90. The van der Waals surface area contributed by atoms with Crippen LogP contribution in [0.1, 0.15) is 5.69 Å². The van der Waals surface area contributed by atoms with Crippen LogP contribution >= 0.6 is 27.5 Å². The van der Waals surface area contributed by atoms with Crippen molar-refractivity contribution >= 4 is 33.5 Å². The first-order valence-corrected chi connectivity index (χ1v) is 5.52. The number of imidazole rings is 1. The molecule has 3 nitrogen and oxygen atoms in total. The molecular formula is C10H9BrClN3. The van der Waals surface area contributed by atoms with Crippen molar-refractivity contribution in [3.8, 4) is 5.69 Å². The number of aryl methyl sites for hydroxylation is 1. The Kier molecular flexibility index (Phi) is 2.71. The third kappa shape index (κ3) is 2.01. The summed E-state index contributed by atoms with van der Waals surface area (Å²) in [4.78, 5) is 4.14. The van der Waals surface area contributed by atoms with Crippen molar-refractivity contribution in [3.05, 3.63) is 39.6 Å². The lowest BCUT2D eigenvalue weighted by Crippen LogP contribution is -2.00. The van der Waals surface area contributed by atoms with Gasteiger partial charge >= 0.3 is 0 Å². The number of benzene rings is 1. The highest BCUT2D eigenvalue weighted by Gasteiger charge is 2.07. The predicted octanol–water partition coefficient (Wildman–Crippen LogP) is 3.18. The first kappa shape index (κ1) is 10.5. The molecule has 0 unspecified atom stereocenters.